The van der Waals surface area contributed by atoms with Crippen LogP contribution in [0.25, 0.3) is 10.4 Å². The van der Waals surface area contributed by atoms with Crippen molar-refractivity contribution in [1.29, 1.82) is 0 Å². The first kappa shape index (κ1) is 9.57. The lowest BCUT2D eigenvalue weighted by molar-refractivity contribution is 0.0696. The Kier molecular flexibility index (Phi) is 2.89. The molecule has 0 atom stereocenters. The van der Waals surface area contributed by atoms with Gasteiger partial charge in [0, 0.05) is 9.38 Å². The van der Waals surface area contributed by atoms with Gasteiger partial charge in [0.05, 0.1) is 11.3 Å². The van der Waals surface area contributed by atoms with Gasteiger partial charge >= 0.3 is 5.97 Å². The maximum Gasteiger partial charge on any atom is 0.336 e. The Bertz CT molecular complexity index is 378. The molecular formula is C7H4BrN3O2. The Morgan fingerprint density at radius 3 is 2.85 bits per heavy atom. The molecule has 0 bridgehead atoms. The van der Waals surface area contributed by atoms with Crippen molar-refractivity contribution < 1.29 is 9.90 Å². The highest BCUT2D eigenvalue weighted by Crippen LogP contribution is 2.28. The second kappa shape index (κ2) is 3.93. The van der Waals surface area contributed by atoms with E-state index in [2.05, 4.69) is 26.0 Å². The molecule has 13 heavy (non-hydrogen) atoms. The summed E-state index contributed by atoms with van der Waals surface area (Å²) in [6, 6.07) is 4.46. The molecule has 1 N–H and O–H groups in total. The molecule has 0 amide bonds. The lowest BCUT2D eigenvalue weighted by Crippen LogP contribution is -1.96. The molecule has 0 unspecified atom stereocenters. The number of carbonyl (C=O) groups is 1. The van der Waals surface area contributed by atoms with E-state index in [-0.39, 0.29) is 11.3 Å². The molecule has 66 valence electrons. The third kappa shape index (κ3) is 1.99. The number of carboxylic acids is 1. The van der Waals surface area contributed by atoms with Gasteiger partial charge in [0.25, 0.3) is 0 Å². The van der Waals surface area contributed by atoms with Crippen LogP contribution >= 0.6 is 15.9 Å². The minimum absolute atomic E-state index is 0.0740. The number of carboxylic acid groups (broad SMARTS) is 1. The smallest absolute Gasteiger partial charge is 0.336 e. The van der Waals surface area contributed by atoms with Gasteiger partial charge in [-0.2, -0.15) is 0 Å². The van der Waals surface area contributed by atoms with Crippen molar-refractivity contribution in [2.24, 2.45) is 5.11 Å². The topological polar surface area (TPSA) is 86.1 Å². The van der Waals surface area contributed by atoms with Crippen LogP contribution in [-0.2, 0) is 0 Å². The van der Waals surface area contributed by atoms with Crippen molar-refractivity contribution in [2.75, 3.05) is 0 Å². The van der Waals surface area contributed by atoms with E-state index in [1.807, 2.05) is 0 Å². The Labute approximate surface area is 81.8 Å². The van der Waals surface area contributed by atoms with Gasteiger partial charge in [-0.15, -0.1) is 0 Å². The lowest BCUT2D eigenvalue weighted by Gasteiger charge is -2.00. The van der Waals surface area contributed by atoms with E-state index in [9.17, 15) is 4.79 Å². The molecule has 0 heterocycles. The standard InChI is InChI=1S/C7H4BrN3O2/c8-6-4(7(12)13)2-1-3-5(6)10-11-9/h1-3H,(H,12,13). The fourth-order valence-electron chi connectivity index (χ4n) is 0.810. The van der Waals surface area contributed by atoms with Crippen molar-refractivity contribution in [3.8, 4) is 0 Å². The van der Waals surface area contributed by atoms with Gasteiger partial charge in [0.15, 0.2) is 0 Å². The van der Waals surface area contributed by atoms with Crippen LogP contribution in [0.3, 0.4) is 0 Å². The number of halogens is 1. The minimum atomic E-state index is -1.07. The van der Waals surface area contributed by atoms with Crippen LogP contribution in [0.15, 0.2) is 27.8 Å². The second-order valence-electron chi connectivity index (χ2n) is 2.13. The van der Waals surface area contributed by atoms with Gasteiger partial charge in [0.2, 0.25) is 0 Å². The summed E-state index contributed by atoms with van der Waals surface area (Å²) >= 11 is 3.04. The molecule has 0 saturated carbocycles. The third-order valence-corrected chi connectivity index (χ3v) is 2.19. The van der Waals surface area contributed by atoms with Crippen molar-refractivity contribution in [1.82, 2.24) is 0 Å². The zero-order chi connectivity index (χ0) is 9.84. The second-order valence-corrected chi connectivity index (χ2v) is 2.93. The number of azide groups is 1. The number of hydrogen-bond donors (Lipinski definition) is 1. The highest BCUT2D eigenvalue weighted by molar-refractivity contribution is 9.10. The average Bonchev–Trinajstić information content (AvgIpc) is 2.08. The zero-order valence-electron chi connectivity index (χ0n) is 6.31. The maximum absolute atomic E-state index is 10.6. The van der Waals surface area contributed by atoms with E-state index in [0.717, 1.165) is 0 Å². The molecule has 0 aromatic heterocycles. The summed E-state index contributed by atoms with van der Waals surface area (Å²) in [5, 5.41) is 12.0. The summed E-state index contributed by atoms with van der Waals surface area (Å²) in [6.45, 7) is 0. The summed E-state index contributed by atoms with van der Waals surface area (Å²) in [4.78, 5) is 13.2. The molecule has 1 rings (SSSR count). The van der Waals surface area contributed by atoms with Gasteiger partial charge < -0.3 is 5.11 Å². The van der Waals surface area contributed by atoms with Crippen molar-refractivity contribution in [3.05, 3.63) is 38.7 Å². The molecule has 0 aliphatic rings. The van der Waals surface area contributed by atoms with Gasteiger partial charge in [-0.25, -0.2) is 4.79 Å². The molecule has 6 heteroatoms. The normalized spacial score (nSPS) is 9.00. The molecule has 0 saturated heterocycles. The number of aromatic carboxylic acids is 1. The van der Waals surface area contributed by atoms with Crippen LogP contribution in [0.5, 0.6) is 0 Å². The van der Waals surface area contributed by atoms with E-state index in [1.165, 1.54) is 18.2 Å². The zero-order valence-corrected chi connectivity index (χ0v) is 7.89. The Balaban J connectivity index is 3.34. The predicted octanol–water partition coefficient (Wildman–Crippen LogP) is 3.09. The molecule has 0 spiro atoms. The van der Waals surface area contributed by atoms with E-state index in [0.29, 0.717) is 4.47 Å². The van der Waals surface area contributed by atoms with Crippen LogP contribution in [0, 0.1) is 0 Å². The van der Waals surface area contributed by atoms with Crippen LogP contribution in [0.4, 0.5) is 5.69 Å². The van der Waals surface area contributed by atoms with Crippen molar-refractivity contribution in [3.63, 3.8) is 0 Å². The summed E-state index contributed by atoms with van der Waals surface area (Å²) < 4.78 is 0.292. The Hall–Kier alpha value is -1.52. The fraction of sp³-hybridized carbons (Fsp3) is 0. The number of benzene rings is 1. The average molecular weight is 242 g/mol. The first-order chi connectivity index (χ1) is 6.16. The number of hydrogen-bond acceptors (Lipinski definition) is 2. The summed E-state index contributed by atoms with van der Waals surface area (Å²) in [6.07, 6.45) is 0. The quantitative estimate of drug-likeness (QED) is 0.490. The highest BCUT2D eigenvalue weighted by Gasteiger charge is 2.09. The van der Waals surface area contributed by atoms with Crippen molar-refractivity contribution >= 4 is 27.6 Å². The fourth-order valence-corrected chi connectivity index (χ4v) is 1.32. The van der Waals surface area contributed by atoms with Gasteiger partial charge in [-0.05, 0) is 27.5 Å². The first-order valence-electron chi connectivity index (χ1n) is 3.23. The monoisotopic (exact) mass is 241 g/mol. The molecular weight excluding hydrogens is 238 g/mol. The molecule has 0 aliphatic carbocycles. The lowest BCUT2D eigenvalue weighted by atomic mass is 10.2. The summed E-state index contributed by atoms with van der Waals surface area (Å²) in [7, 11) is 0. The van der Waals surface area contributed by atoms with E-state index in [1.54, 1.807) is 0 Å². The Morgan fingerprint density at radius 1 is 1.62 bits per heavy atom. The minimum Gasteiger partial charge on any atom is -0.478 e. The highest BCUT2D eigenvalue weighted by atomic mass is 79.9. The molecule has 1 aromatic carbocycles. The van der Waals surface area contributed by atoms with Gasteiger partial charge in [0.1, 0.15) is 0 Å². The van der Waals surface area contributed by atoms with Crippen LogP contribution < -0.4 is 0 Å². The Morgan fingerprint density at radius 2 is 2.31 bits per heavy atom. The van der Waals surface area contributed by atoms with Crippen LogP contribution in [0.1, 0.15) is 10.4 Å². The van der Waals surface area contributed by atoms with Crippen molar-refractivity contribution in [2.45, 2.75) is 0 Å². The molecule has 0 radical (unpaired) electrons. The summed E-state index contributed by atoms with van der Waals surface area (Å²) in [5.74, 6) is -1.07. The van der Waals surface area contributed by atoms with E-state index < -0.39 is 5.97 Å². The maximum atomic E-state index is 10.6. The first-order valence-corrected chi connectivity index (χ1v) is 4.03. The summed E-state index contributed by atoms with van der Waals surface area (Å²) in [5.41, 5.74) is 8.50. The molecule has 1 aromatic rings. The number of nitrogens with zero attached hydrogens (tertiary/aromatic N) is 3. The third-order valence-electron chi connectivity index (χ3n) is 1.36. The SMILES string of the molecule is [N-]=[N+]=Nc1cccc(C(=O)O)c1Br. The van der Waals surface area contributed by atoms with E-state index >= 15 is 0 Å². The van der Waals surface area contributed by atoms with Gasteiger partial charge in [-0.1, -0.05) is 17.2 Å². The largest absolute Gasteiger partial charge is 0.478 e. The van der Waals surface area contributed by atoms with Gasteiger partial charge in [-0.3, -0.25) is 0 Å². The molecule has 0 fully saturated rings. The number of rotatable bonds is 2. The predicted molar refractivity (Wildman–Crippen MR) is 49.9 cm³/mol. The van der Waals surface area contributed by atoms with Crippen LogP contribution in [0.2, 0.25) is 0 Å². The molecule has 0 aliphatic heterocycles. The molecule has 5 nitrogen and oxygen atoms in total. The van der Waals surface area contributed by atoms with E-state index in [4.69, 9.17) is 10.6 Å². The van der Waals surface area contributed by atoms with Crippen LogP contribution in [-0.4, -0.2) is 11.1 Å².